The van der Waals surface area contributed by atoms with Crippen LogP contribution in [0.25, 0.3) is 0 Å². The van der Waals surface area contributed by atoms with Gasteiger partial charge in [-0.25, -0.2) is 0 Å². The van der Waals surface area contributed by atoms with Crippen LogP contribution in [-0.4, -0.2) is 19.3 Å². The molecule has 0 amide bonds. The van der Waals surface area contributed by atoms with Gasteiger partial charge < -0.3 is 15.2 Å². The summed E-state index contributed by atoms with van der Waals surface area (Å²) in [6.45, 7) is -6.36. The van der Waals surface area contributed by atoms with E-state index in [9.17, 15) is 22.8 Å². The van der Waals surface area contributed by atoms with E-state index < -0.39 is 30.1 Å². The molecule has 0 atom stereocenters. The second-order valence-electron chi connectivity index (χ2n) is 5.45. The van der Waals surface area contributed by atoms with Gasteiger partial charge in [0.15, 0.2) is 11.5 Å². The smallest absolute Gasteiger partial charge is 0.387 e. The molecule has 8 heteroatoms. The Morgan fingerprint density at radius 1 is 1.09 bits per heavy atom. The molecule has 0 bridgehead atoms. The first kappa shape index (κ1) is 17.3. The standard InChI is InChI=1S/C15H16F4N2O2/c16-13(17)22-11-2-1-9(7-12(11)23-14(18)19)15(8-20)5-3-10(21)4-6-15/h1-2,7,10,13-14H,3-6,21H2. The van der Waals surface area contributed by atoms with Crippen molar-refractivity contribution in [2.45, 2.75) is 50.4 Å². The van der Waals surface area contributed by atoms with Gasteiger partial charge in [-0.15, -0.1) is 0 Å². The molecule has 2 N–H and O–H groups in total. The highest BCUT2D eigenvalue weighted by atomic mass is 19.3. The number of benzene rings is 1. The first-order valence-corrected chi connectivity index (χ1v) is 7.07. The van der Waals surface area contributed by atoms with E-state index in [0.717, 1.165) is 6.07 Å². The summed E-state index contributed by atoms with van der Waals surface area (Å²) in [4.78, 5) is 0. The van der Waals surface area contributed by atoms with E-state index in [1.165, 1.54) is 12.1 Å². The Morgan fingerprint density at radius 3 is 2.17 bits per heavy atom. The number of nitriles is 1. The van der Waals surface area contributed by atoms with Gasteiger partial charge in [-0.05, 0) is 43.4 Å². The average Bonchev–Trinajstić information content (AvgIpc) is 2.49. The third-order valence-electron chi connectivity index (χ3n) is 4.03. The fraction of sp³-hybridized carbons (Fsp3) is 0.533. The lowest BCUT2D eigenvalue weighted by Gasteiger charge is -2.34. The zero-order valence-electron chi connectivity index (χ0n) is 12.1. The molecular weight excluding hydrogens is 316 g/mol. The third kappa shape index (κ3) is 4.05. The molecule has 0 aliphatic heterocycles. The molecule has 1 fully saturated rings. The Labute approximate surface area is 130 Å². The highest BCUT2D eigenvalue weighted by Crippen LogP contribution is 2.42. The number of ether oxygens (including phenoxy) is 2. The zero-order valence-corrected chi connectivity index (χ0v) is 12.1. The lowest BCUT2D eigenvalue weighted by atomic mass is 9.69. The maximum Gasteiger partial charge on any atom is 0.387 e. The maximum absolute atomic E-state index is 12.5. The first-order chi connectivity index (χ1) is 10.9. The summed E-state index contributed by atoms with van der Waals surface area (Å²) in [5.74, 6) is -1.01. The largest absolute Gasteiger partial charge is 0.431 e. The van der Waals surface area contributed by atoms with E-state index in [4.69, 9.17) is 5.73 Å². The van der Waals surface area contributed by atoms with Crippen LogP contribution in [0.2, 0.25) is 0 Å². The summed E-state index contributed by atoms with van der Waals surface area (Å²) in [6, 6.07) is 5.92. The lowest BCUT2D eigenvalue weighted by Crippen LogP contribution is -2.36. The van der Waals surface area contributed by atoms with E-state index in [1.54, 1.807) is 0 Å². The highest BCUT2D eigenvalue weighted by molar-refractivity contribution is 5.47. The lowest BCUT2D eigenvalue weighted by molar-refractivity contribution is -0.0693. The second-order valence-corrected chi connectivity index (χ2v) is 5.45. The van der Waals surface area contributed by atoms with Crippen LogP contribution in [0.1, 0.15) is 31.2 Å². The molecule has 0 radical (unpaired) electrons. The van der Waals surface area contributed by atoms with E-state index in [0.29, 0.717) is 31.2 Å². The molecule has 0 saturated heterocycles. The molecule has 0 heterocycles. The van der Waals surface area contributed by atoms with Crippen LogP contribution in [0.4, 0.5) is 17.6 Å². The molecule has 126 valence electrons. The van der Waals surface area contributed by atoms with Gasteiger partial charge in [-0.3, -0.25) is 0 Å². The van der Waals surface area contributed by atoms with Gasteiger partial charge >= 0.3 is 13.2 Å². The predicted molar refractivity (Wildman–Crippen MR) is 73.4 cm³/mol. The Kier molecular flexibility index (Phi) is 5.31. The van der Waals surface area contributed by atoms with E-state index in [1.807, 2.05) is 0 Å². The molecule has 0 spiro atoms. The van der Waals surface area contributed by atoms with E-state index in [2.05, 4.69) is 15.5 Å². The van der Waals surface area contributed by atoms with Gasteiger partial charge in [-0.2, -0.15) is 22.8 Å². The number of rotatable bonds is 5. The molecule has 1 saturated carbocycles. The van der Waals surface area contributed by atoms with Gasteiger partial charge in [0.25, 0.3) is 0 Å². The van der Waals surface area contributed by atoms with Crippen molar-refractivity contribution >= 4 is 0 Å². The molecule has 2 rings (SSSR count). The Bertz CT molecular complexity index is 581. The van der Waals surface area contributed by atoms with Crippen LogP contribution in [0.3, 0.4) is 0 Å². The predicted octanol–water partition coefficient (Wildman–Crippen LogP) is 3.55. The summed E-state index contributed by atoms with van der Waals surface area (Å²) in [6.07, 6.45) is 2.17. The number of alkyl halides is 4. The van der Waals surface area contributed by atoms with Crippen molar-refractivity contribution in [3.63, 3.8) is 0 Å². The number of nitrogens with zero attached hydrogens (tertiary/aromatic N) is 1. The monoisotopic (exact) mass is 332 g/mol. The van der Waals surface area contributed by atoms with Crippen molar-refractivity contribution in [3.8, 4) is 17.6 Å². The average molecular weight is 332 g/mol. The normalized spacial score (nSPS) is 24.5. The molecule has 1 aliphatic carbocycles. The van der Waals surface area contributed by atoms with Crippen LogP contribution in [-0.2, 0) is 5.41 Å². The molecule has 1 aromatic rings. The molecule has 0 unspecified atom stereocenters. The first-order valence-electron chi connectivity index (χ1n) is 7.07. The van der Waals surface area contributed by atoms with Crippen molar-refractivity contribution in [3.05, 3.63) is 23.8 Å². The van der Waals surface area contributed by atoms with Crippen LogP contribution in [0.15, 0.2) is 18.2 Å². The molecule has 4 nitrogen and oxygen atoms in total. The number of hydrogen-bond donors (Lipinski definition) is 1. The molecule has 0 aromatic heterocycles. The minimum absolute atomic E-state index is 0.00491. The topological polar surface area (TPSA) is 68.3 Å². The van der Waals surface area contributed by atoms with Gasteiger partial charge in [0, 0.05) is 6.04 Å². The van der Waals surface area contributed by atoms with Crippen molar-refractivity contribution in [2.75, 3.05) is 0 Å². The van der Waals surface area contributed by atoms with Gasteiger partial charge in [-0.1, -0.05) is 6.07 Å². The van der Waals surface area contributed by atoms with Crippen LogP contribution in [0.5, 0.6) is 11.5 Å². The van der Waals surface area contributed by atoms with Gasteiger partial charge in [0.05, 0.1) is 11.5 Å². The SMILES string of the molecule is N#CC1(c2ccc(OC(F)F)c(OC(F)F)c2)CCC(N)CC1. The van der Waals surface area contributed by atoms with Crippen molar-refractivity contribution < 1.29 is 27.0 Å². The third-order valence-corrected chi connectivity index (χ3v) is 4.03. The Hall–Kier alpha value is -2.01. The van der Waals surface area contributed by atoms with Gasteiger partial charge in [0.1, 0.15) is 0 Å². The summed E-state index contributed by atoms with van der Waals surface area (Å²) in [7, 11) is 0. The van der Waals surface area contributed by atoms with Crippen LogP contribution in [0, 0.1) is 11.3 Å². The minimum Gasteiger partial charge on any atom is -0.431 e. The highest BCUT2D eigenvalue weighted by Gasteiger charge is 2.37. The summed E-state index contributed by atoms with van der Waals surface area (Å²) >= 11 is 0. The van der Waals surface area contributed by atoms with Crippen LogP contribution < -0.4 is 15.2 Å². The fourth-order valence-electron chi connectivity index (χ4n) is 2.79. The van der Waals surface area contributed by atoms with E-state index >= 15 is 0 Å². The number of nitrogens with two attached hydrogens (primary N) is 1. The quantitative estimate of drug-likeness (QED) is 0.837. The Balaban J connectivity index is 2.37. The van der Waals surface area contributed by atoms with E-state index in [-0.39, 0.29) is 6.04 Å². The van der Waals surface area contributed by atoms with Crippen molar-refractivity contribution in [1.82, 2.24) is 0 Å². The molecule has 1 aliphatic rings. The van der Waals surface area contributed by atoms with Crippen LogP contribution >= 0.6 is 0 Å². The number of hydrogen-bond acceptors (Lipinski definition) is 4. The molecule has 23 heavy (non-hydrogen) atoms. The zero-order chi connectivity index (χ0) is 17.0. The number of halogens is 4. The fourth-order valence-corrected chi connectivity index (χ4v) is 2.79. The molecular formula is C15H16F4N2O2. The van der Waals surface area contributed by atoms with Crippen molar-refractivity contribution in [1.29, 1.82) is 5.26 Å². The Morgan fingerprint density at radius 2 is 1.65 bits per heavy atom. The summed E-state index contributed by atoms with van der Waals surface area (Å²) in [5, 5.41) is 9.54. The summed E-state index contributed by atoms with van der Waals surface area (Å²) < 4.78 is 58.1. The molecule has 1 aromatic carbocycles. The second kappa shape index (κ2) is 7.04. The minimum atomic E-state index is -3.19. The maximum atomic E-state index is 12.5. The van der Waals surface area contributed by atoms with Gasteiger partial charge in [0.2, 0.25) is 0 Å². The summed E-state index contributed by atoms with van der Waals surface area (Å²) in [5.41, 5.74) is 5.37. The van der Waals surface area contributed by atoms with Crippen molar-refractivity contribution in [2.24, 2.45) is 5.73 Å².